The van der Waals surface area contributed by atoms with E-state index >= 15 is 0 Å². The minimum absolute atomic E-state index is 0.0161. The fourth-order valence-electron chi connectivity index (χ4n) is 7.37. The second-order valence-corrected chi connectivity index (χ2v) is 10.4. The fourth-order valence-corrected chi connectivity index (χ4v) is 7.37. The number of ketones is 1. The third-order valence-electron chi connectivity index (χ3n) is 9.04. The van der Waals surface area contributed by atoms with Crippen molar-refractivity contribution in [3.05, 3.63) is 0 Å². The van der Waals surface area contributed by atoms with Crippen molar-refractivity contribution in [2.24, 2.45) is 28.6 Å². The van der Waals surface area contributed by atoms with Crippen LogP contribution in [-0.4, -0.2) is 31.2 Å². The number of hydrogen-bond acceptors (Lipinski definition) is 3. The van der Waals surface area contributed by atoms with Crippen LogP contribution in [0.2, 0.25) is 0 Å². The monoisotopic (exact) mass is 376 g/mol. The first-order valence-electron chi connectivity index (χ1n) is 11.8. The number of carbonyl (C=O) groups is 1. The minimum Gasteiger partial charge on any atom is -0.379 e. The number of fused-ring (bicyclic) bond motifs is 3. The summed E-state index contributed by atoms with van der Waals surface area (Å²) < 4.78 is 12.5. The lowest BCUT2D eigenvalue weighted by molar-refractivity contribution is -0.183. The quantitative estimate of drug-likeness (QED) is 0.631. The molecule has 0 aromatic carbocycles. The molecule has 154 valence electrons. The van der Waals surface area contributed by atoms with Gasteiger partial charge < -0.3 is 9.47 Å². The molecule has 4 aliphatic rings. The average molecular weight is 377 g/mol. The predicted molar refractivity (Wildman–Crippen MR) is 108 cm³/mol. The largest absolute Gasteiger partial charge is 0.379 e. The molecule has 0 N–H and O–H groups in total. The molecule has 3 saturated carbocycles. The predicted octanol–water partition coefficient (Wildman–Crippen LogP) is 5.55. The van der Waals surface area contributed by atoms with Crippen LogP contribution in [0.1, 0.15) is 91.4 Å². The highest BCUT2D eigenvalue weighted by atomic mass is 16.5. The van der Waals surface area contributed by atoms with Crippen molar-refractivity contribution >= 4 is 5.78 Å². The number of carbonyl (C=O) groups excluding carboxylic acids is 1. The molecule has 0 spiro atoms. The van der Waals surface area contributed by atoms with E-state index in [1.807, 2.05) is 0 Å². The van der Waals surface area contributed by atoms with Gasteiger partial charge in [0.05, 0.1) is 18.8 Å². The Morgan fingerprint density at radius 1 is 1.11 bits per heavy atom. The van der Waals surface area contributed by atoms with Gasteiger partial charge in [0.15, 0.2) is 0 Å². The van der Waals surface area contributed by atoms with Crippen LogP contribution in [-0.2, 0) is 14.3 Å². The van der Waals surface area contributed by atoms with Crippen molar-refractivity contribution in [3.8, 4) is 0 Å². The average Bonchev–Trinajstić information content (AvgIpc) is 2.98. The van der Waals surface area contributed by atoms with Crippen molar-refractivity contribution in [3.63, 3.8) is 0 Å². The van der Waals surface area contributed by atoms with E-state index in [2.05, 4.69) is 20.8 Å². The van der Waals surface area contributed by atoms with Crippen LogP contribution in [0.4, 0.5) is 0 Å². The van der Waals surface area contributed by atoms with E-state index in [0.717, 1.165) is 57.2 Å². The molecule has 0 amide bonds. The highest BCUT2D eigenvalue weighted by Crippen LogP contribution is 2.63. The summed E-state index contributed by atoms with van der Waals surface area (Å²) in [5, 5.41) is 0. The Kier molecular flexibility index (Phi) is 5.73. The molecule has 27 heavy (non-hydrogen) atoms. The van der Waals surface area contributed by atoms with Crippen molar-refractivity contribution in [2.75, 3.05) is 13.2 Å². The van der Waals surface area contributed by atoms with Crippen molar-refractivity contribution in [1.82, 2.24) is 0 Å². The van der Waals surface area contributed by atoms with E-state index in [-0.39, 0.29) is 10.8 Å². The van der Waals surface area contributed by atoms with Crippen LogP contribution in [0.3, 0.4) is 0 Å². The Hall–Kier alpha value is -0.410. The maximum atomic E-state index is 12.6. The van der Waals surface area contributed by atoms with Crippen LogP contribution in [0.25, 0.3) is 0 Å². The second-order valence-electron chi connectivity index (χ2n) is 10.4. The minimum atomic E-state index is -0.0161. The van der Waals surface area contributed by atoms with Gasteiger partial charge >= 0.3 is 0 Å². The molecule has 1 saturated heterocycles. The van der Waals surface area contributed by atoms with Gasteiger partial charge in [-0.25, -0.2) is 0 Å². The summed E-state index contributed by atoms with van der Waals surface area (Å²) >= 11 is 0. The molecule has 4 fully saturated rings. The molecular weight excluding hydrogens is 336 g/mol. The highest BCUT2D eigenvalue weighted by molar-refractivity contribution is 5.87. The topological polar surface area (TPSA) is 35.5 Å². The zero-order chi connectivity index (χ0) is 19.1. The maximum Gasteiger partial charge on any atom is 0.139 e. The number of hydrogen-bond donors (Lipinski definition) is 0. The van der Waals surface area contributed by atoms with E-state index in [1.165, 1.54) is 38.5 Å². The number of ether oxygens (including phenoxy) is 2. The molecule has 0 bridgehead atoms. The van der Waals surface area contributed by atoms with Gasteiger partial charge in [-0.3, -0.25) is 4.79 Å². The number of unbranched alkanes of at least 4 members (excludes halogenated alkanes) is 1. The summed E-state index contributed by atoms with van der Waals surface area (Å²) in [5.74, 6) is 2.65. The second kappa shape index (κ2) is 7.78. The van der Waals surface area contributed by atoms with E-state index in [4.69, 9.17) is 9.47 Å². The van der Waals surface area contributed by atoms with Gasteiger partial charge in [-0.2, -0.15) is 0 Å². The highest BCUT2D eigenvalue weighted by Gasteiger charge is 2.59. The fraction of sp³-hybridized carbons (Fsp3) is 0.958. The van der Waals surface area contributed by atoms with E-state index in [1.54, 1.807) is 0 Å². The first-order chi connectivity index (χ1) is 13.0. The van der Waals surface area contributed by atoms with Crippen LogP contribution >= 0.6 is 0 Å². The van der Waals surface area contributed by atoms with Gasteiger partial charge in [0, 0.05) is 18.4 Å². The molecule has 1 aliphatic heterocycles. The summed E-state index contributed by atoms with van der Waals surface area (Å²) in [6.07, 6.45) is 13.5. The third kappa shape index (κ3) is 3.41. The smallest absolute Gasteiger partial charge is 0.139 e. The third-order valence-corrected chi connectivity index (χ3v) is 9.04. The van der Waals surface area contributed by atoms with Crippen LogP contribution in [0.5, 0.6) is 0 Å². The summed E-state index contributed by atoms with van der Waals surface area (Å²) in [6, 6.07) is 0. The summed E-state index contributed by atoms with van der Waals surface area (Å²) in [7, 11) is 0. The van der Waals surface area contributed by atoms with Crippen molar-refractivity contribution in [1.29, 1.82) is 0 Å². The molecule has 0 aromatic rings. The zero-order valence-electron chi connectivity index (χ0n) is 17.8. The summed E-state index contributed by atoms with van der Waals surface area (Å²) in [6.45, 7) is 8.81. The van der Waals surface area contributed by atoms with Gasteiger partial charge in [-0.05, 0) is 74.5 Å². The van der Waals surface area contributed by atoms with Gasteiger partial charge in [-0.15, -0.1) is 0 Å². The Balaban J connectivity index is 1.55. The molecule has 4 rings (SSSR count). The molecule has 1 heterocycles. The molecule has 3 heteroatoms. The van der Waals surface area contributed by atoms with Gasteiger partial charge in [-0.1, -0.05) is 33.6 Å². The normalized spacial score (nSPS) is 47.5. The lowest BCUT2D eigenvalue weighted by Gasteiger charge is -2.58. The zero-order valence-corrected chi connectivity index (χ0v) is 17.8. The van der Waals surface area contributed by atoms with E-state index in [9.17, 15) is 4.79 Å². The van der Waals surface area contributed by atoms with E-state index < -0.39 is 0 Å². The lowest BCUT2D eigenvalue weighted by Crippen LogP contribution is -2.55. The summed E-state index contributed by atoms with van der Waals surface area (Å²) in [5.41, 5.74) is 0.251. The first kappa shape index (κ1) is 19.9. The molecule has 3 nitrogen and oxygen atoms in total. The Morgan fingerprint density at radius 3 is 2.70 bits per heavy atom. The molecule has 0 radical (unpaired) electrons. The summed E-state index contributed by atoms with van der Waals surface area (Å²) in [4.78, 5) is 12.6. The number of Topliss-reactive ketones (excluding diaryl/α,β-unsaturated/α-hetero) is 1. The van der Waals surface area contributed by atoms with Crippen molar-refractivity contribution in [2.45, 2.75) is 104 Å². The van der Waals surface area contributed by atoms with E-state index in [0.29, 0.717) is 23.9 Å². The molecule has 7 atom stereocenters. The molecule has 0 aromatic heterocycles. The lowest BCUT2D eigenvalue weighted by atomic mass is 9.48. The molecule has 1 unspecified atom stereocenters. The maximum absolute atomic E-state index is 12.6. The SMILES string of the molecule is CCCC[C@@]1(C)[C@@H](OC2CCCOC2)CC[C@@H]2[C@@H]1CC[C@]1(C)C(=O)CC[C@@H]21. The first-order valence-corrected chi connectivity index (χ1v) is 11.8. The van der Waals surface area contributed by atoms with Gasteiger partial charge in [0.2, 0.25) is 0 Å². The van der Waals surface area contributed by atoms with Crippen LogP contribution < -0.4 is 0 Å². The number of rotatable bonds is 5. The van der Waals surface area contributed by atoms with Gasteiger partial charge in [0.25, 0.3) is 0 Å². The Labute approximate surface area is 165 Å². The standard InChI is InChI=1S/C24H40O3/c1-4-5-13-24(3)20-12-14-23(2)19(9-10-21(23)25)18(20)8-11-22(24)27-17-7-6-15-26-16-17/h17-20,22H,4-16H2,1-3H3/t17?,18-,19-,20-,22-,23-,24+/m0/s1. The van der Waals surface area contributed by atoms with Crippen molar-refractivity contribution < 1.29 is 14.3 Å². The molecule has 3 aliphatic carbocycles. The van der Waals surface area contributed by atoms with Gasteiger partial charge in [0.1, 0.15) is 5.78 Å². The van der Waals surface area contributed by atoms with Crippen LogP contribution in [0, 0.1) is 28.6 Å². The Morgan fingerprint density at radius 2 is 1.96 bits per heavy atom. The Bertz CT molecular complexity index is 540. The molecular formula is C24H40O3. The van der Waals surface area contributed by atoms with Crippen LogP contribution in [0.15, 0.2) is 0 Å².